The molecule has 0 spiro atoms. The second kappa shape index (κ2) is 6.42. The van der Waals surface area contributed by atoms with E-state index in [4.69, 9.17) is 9.88 Å². The standard InChI is InChI=1S/C11H18N2O5S2/c1-3-4-7-19(14,15)13-9-5-6-11(20(12,16)17)10(8-9)18-2/h5-6,8,13H,3-4,7H2,1-2H3,(H2,12,16,17). The van der Waals surface area contributed by atoms with Crippen molar-refractivity contribution < 1.29 is 21.6 Å². The summed E-state index contributed by atoms with van der Waals surface area (Å²) in [6.07, 6.45) is 1.30. The van der Waals surface area contributed by atoms with Crippen LogP contribution in [-0.2, 0) is 20.0 Å². The van der Waals surface area contributed by atoms with Gasteiger partial charge in [-0.25, -0.2) is 22.0 Å². The largest absolute Gasteiger partial charge is 0.495 e. The maximum Gasteiger partial charge on any atom is 0.241 e. The van der Waals surface area contributed by atoms with Crippen molar-refractivity contribution in [2.75, 3.05) is 17.6 Å². The molecule has 0 aromatic heterocycles. The summed E-state index contributed by atoms with van der Waals surface area (Å²) in [5, 5.41) is 5.03. The molecule has 1 aromatic carbocycles. The molecule has 20 heavy (non-hydrogen) atoms. The molecule has 1 rings (SSSR count). The first-order valence-electron chi connectivity index (χ1n) is 5.91. The van der Waals surface area contributed by atoms with Gasteiger partial charge in [0, 0.05) is 6.07 Å². The summed E-state index contributed by atoms with van der Waals surface area (Å²) in [6, 6.07) is 3.81. The predicted octanol–water partition coefficient (Wildman–Crippen LogP) is 0.884. The van der Waals surface area contributed by atoms with Crippen molar-refractivity contribution in [3.8, 4) is 5.75 Å². The molecule has 0 heterocycles. The van der Waals surface area contributed by atoms with Gasteiger partial charge in [-0.2, -0.15) is 0 Å². The molecule has 0 amide bonds. The van der Waals surface area contributed by atoms with Crippen LogP contribution < -0.4 is 14.6 Å². The molecule has 0 saturated carbocycles. The summed E-state index contributed by atoms with van der Waals surface area (Å²) in [7, 11) is -6.10. The lowest BCUT2D eigenvalue weighted by Gasteiger charge is -2.11. The fourth-order valence-corrected chi connectivity index (χ4v) is 3.47. The molecule has 114 valence electrons. The number of hydrogen-bond donors (Lipinski definition) is 2. The van der Waals surface area contributed by atoms with Gasteiger partial charge in [0.15, 0.2) is 0 Å². The molecule has 0 bridgehead atoms. The smallest absolute Gasteiger partial charge is 0.241 e. The summed E-state index contributed by atoms with van der Waals surface area (Å²) in [5.74, 6) is -0.00820. The second-order valence-electron chi connectivity index (χ2n) is 4.19. The summed E-state index contributed by atoms with van der Waals surface area (Å²) in [5.41, 5.74) is 0.227. The molecule has 1 aromatic rings. The Bertz CT molecular complexity index is 668. The van der Waals surface area contributed by atoms with Gasteiger partial charge in [0.05, 0.1) is 18.6 Å². The zero-order valence-corrected chi connectivity index (χ0v) is 12.9. The minimum atomic E-state index is -3.92. The zero-order valence-electron chi connectivity index (χ0n) is 11.3. The average molecular weight is 322 g/mol. The molecular formula is C11H18N2O5S2. The highest BCUT2D eigenvalue weighted by Crippen LogP contribution is 2.26. The van der Waals surface area contributed by atoms with E-state index in [0.717, 1.165) is 6.42 Å². The maximum atomic E-state index is 11.7. The van der Waals surface area contributed by atoms with Crippen LogP contribution in [0.1, 0.15) is 19.8 Å². The quantitative estimate of drug-likeness (QED) is 0.773. The first-order chi connectivity index (χ1) is 9.19. The van der Waals surface area contributed by atoms with Gasteiger partial charge in [-0.1, -0.05) is 13.3 Å². The van der Waals surface area contributed by atoms with E-state index in [1.807, 2.05) is 6.92 Å². The number of ether oxygens (including phenoxy) is 1. The van der Waals surface area contributed by atoms with Gasteiger partial charge in [-0.3, -0.25) is 4.72 Å². The first kappa shape index (κ1) is 16.7. The van der Waals surface area contributed by atoms with E-state index in [-0.39, 0.29) is 22.1 Å². The van der Waals surface area contributed by atoms with Crippen molar-refractivity contribution in [2.24, 2.45) is 5.14 Å². The lowest BCUT2D eigenvalue weighted by molar-refractivity contribution is 0.403. The molecule has 0 atom stereocenters. The Kier molecular flexibility index (Phi) is 5.37. The van der Waals surface area contributed by atoms with Crippen molar-refractivity contribution in [2.45, 2.75) is 24.7 Å². The number of hydrogen-bond acceptors (Lipinski definition) is 5. The summed E-state index contributed by atoms with van der Waals surface area (Å²) < 4.78 is 53.4. The van der Waals surface area contributed by atoms with Crippen molar-refractivity contribution in [1.82, 2.24) is 0 Å². The number of nitrogens with two attached hydrogens (primary N) is 1. The van der Waals surface area contributed by atoms with Crippen LogP contribution in [0.4, 0.5) is 5.69 Å². The molecular weight excluding hydrogens is 304 g/mol. The summed E-state index contributed by atoms with van der Waals surface area (Å²) >= 11 is 0. The molecule has 0 saturated heterocycles. The zero-order chi connectivity index (χ0) is 15.4. The van der Waals surface area contributed by atoms with Crippen molar-refractivity contribution in [3.63, 3.8) is 0 Å². The van der Waals surface area contributed by atoms with E-state index < -0.39 is 20.0 Å². The Morgan fingerprint density at radius 3 is 2.40 bits per heavy atom. The van der Waals surface area contributed by atoms with Crippen LogP contribution in [0, 0.1) is 0 Å². The minimum absolute atomic E-state index is 0.00273. The number of anilines is 1. The summed E-state index contributed by atoms with van der Waals surface area (Å²) in [6.45, 7) is 1.89. The molecule has 0 aliphatic rings. The van der Waals surface area contributed by atoms with Gasteiger partial charge >= 0.3 is 0 Å². The van der Waals surface area contributed by atoms with Crippen LogP contribution in [0.15, 0.2) is 23.1 Å². The van der Waals surface area contributed by atoms with Gasteiger partial charge in [0.2, 0.25) is 20.0 Å². The number of sulfonamides is 2. The predicted molar refractivity (Wildman–Crippen MR) is 76.7 cm³/mol. The van der Waals surface area contributed by atoms with Crippen LogP contribution in [0.3, 0.4) is 0 Å². The Morgan fingerprint density at radius 1 is 1.25 bits per heavy atom. The van der Waals surface area contributed by atoms with Crippen LogP contribution in [0.2, 0.25) is 0 Å². The van der Waals surface area contributed by atoms with Crippen LogP contribution in [-0.4, -0.2) is 29.7 Å². The van der Waals surface area contributed by atoms with Gasteiger partial charge in [0.1, 0.15) is 10.6 Å². The van der Waals surface area contributed by atoms with E-state index in [1.54, 1.807) is 0 Å². The van der Waals surface area contributed by atoms with Gasteiger partial charge < -0.3 is 4.74 Å². The van der Waals surface area contributed by atoms with Crippen molar-refractivity contribution >= 4 is 25.7 Å². The van der Waals surface area contributed by atoms with E-state index in [9.17, 15) is 16.8 Å². The third kappa shape index (κ3) is 4.66. The van der Waals surface area contributed by atoms with Crippen LogP contribution in [0.5, 0.6) is 5.75 Å². The second-order valence-corrected chi connectivity index (χ2v) is 7.56. The Hall–Kier alpha value is -1.32. The molecule has 9 heteroatoms. The molecule has 0 unspecified atom stereocenters. The lowest BCUT2D eigenvalue weighted by Crippen LogP contribution is -2.17. The number of rotatable bonds is 7. The third-order valence-electron chi connectivity index (χ3n) is 2.51. The van der Waals surface area contributed by atoms with Gasteiger partial charge in [-0.15, -0.1) is 0 Å². The van der Waals surface area contributed by atoms with Crippen LogP contribution in [0.25, 0.3) is 0 Å². The van der Waals surface area contributed by atoms with E-state index >= 15 is 0 Å². The number of benzene rings is 1. The number of nitrogens with one attached hydrogen (secondary N) is 1. The average Bonchev–Trinajstić information content (AvgIpc) is 2.34. The first-order valence-corrected chi connectivity index (χ1v) is 9.11. The topological polar surface area (TPSA) is 116 Å². The number of primary sulfonamides is 1. The fourth-order valence-electron chi connectivity index (χ4n) is 1.53. The Morgan fingerprint density at radius 2 is 1.90 bits per heavy atom. The molecule has 3 N–H and O–H groups in total. The molecule has 7 nitrogen and oxygen atoms in total. The van der Waals surface area contributed by atoms with E-state index in [0.29, 0.717) is 6.42 Å². The Balaban J connectivity index is 3.06. The summed E-state index contributed by atoms with van der Waals surface area (Å²) in [4.78, 5) is -0.198. The van der Waals surface area contributed by atoms with Gasteiger partial charge in [0.25, 0.3) is 0 Å². The monoisotopic (exact) mass is 322 g/mol. The highest BCUT2D eigenvalue weighted by molar-refractivity contribution is 7.92. The molecule has 0 radical (unpaired) electrons. The number of methoxy groups -OCH3 is 1. The van der Waals surface area contributed by atoms with E-state index in [1.165, 1.54) is 25.3 Å². The molecule has 0 fully saturated rings. The highest BCUT2D eigenvalue weighted by atomic mass is 32.2. The van der Waals surface area contributed by atoms with E-state index in [2.05, 4.69) is 4.72 Å². The SMILES string of the molecule is CCCCS(=O)(=O)Nc1ccc(S(N)(=O)=O)c(OC)c1. The Labute approximate surface area is 119 Å². The van der Waals surface area contributed by atoms with Gasteiger partial charge in [-0.05, 0) is 18.6 Å². The van der Waals surface area contributed by atoms with Crippen molar-refractivity contribution in [1.29, 1.82) is 0 Å². The van der Waals surface area contributed by atoms with Crippen molar-refractivity contribution in [3.05, 3.63) is 18.2 Å². The number of unbranched alkanes of at least 4 members (excludes halogenated alkanes) is 1. The highest BCUT2D eigenvalue weighted by Gasteiger charge is 2.17. The third-order valence-corrected chi connectivity index (χ3v) is 4.83. The molecule has 0 aliphatic heterocycles. The van der Waals surface area contributed by atoms with Crippen LogP contribution >= 0.6 is 0 Å². The normalized spacial score (nSPS) is 12.2. The fraction of sp³-hybridized carbons (Fsp3) is 0.455. The minimum Gasteiger partial charge on any atom is -0.495 e. The lowest BCUT2D eigenvalue weighted by atomic mass is 10.3. The molecule has 0 aliphatic carbocycles. The maximum absolute atomic E-state index is 11.7.